The van der Waals surface area contributed by atoms with Crippen LogP contribution in [0.1, 0.15) is 26.3 Å². The van der Waals surface area contributed by atoms with Crippen molar-refractivity contribution in [3.63, 3.8) is 0 Å². The zero-order chi connectivity index (χ0) is 24.0. The van der Waals surface area contributed by atoms with Crippen molar-refractivity contribution in [2.24, 2.45) is 0 Å². The maximum Gasteiger partial charge on any atom is 0.326 e. The van der Waals surface area contributed by atoms with Gasteiger partial charge in [0.15, 0.2) is 0 Å². The number of hydrogen-bond donors (Lipinski definition) is 2. The number of hydrogen-bond acceptors (Lipinski definition) is 5. The quantitative estimate of drug-likeness (QED) is 0.555. The lowest BCUT2D eigenvalue weighted by Gasteiger charge is -2.26. The molecule has 3 amide bonds. The number of urea groups is 1. The summed E-state index contributed by atoms with van der Waals surface area (Å²) >= 11 is 0. The molecule has 2 aromatic carbocycles. The van der Waals surface area contributed by atoms with Crippen LogP contribution in [0.5, 0.6) is 0 Å². The van der Waals surface area contributed by atoms with Crippen LogP contribution < -0.4 is 15.5 Å². The number of ether oxygens (including phenoxy) is 1. The van der Waals surface area contributed by atoms with Gasteiger partial charge in [0.05, 0.1) is 18.4 Å². The van der Waals surface area contributed by atoms with Crippen molar-refractivity contribution in [1.82, 2.24) is 10.3 Å². The summed E-state index contributed by atoms with van der Waals surface area (Å²) in [5.41, 5.74) is 1.37. The van der Waals surface area contributed by atoms with Gasteiger partial charge in [0, 0.05) is 22.7 Å². The van der Waals surface area contributed by atoms with Gasteiger partial charge in [-0.05, 0) is 45.4 Å². The van der Waals surface area contributed by atoms with E-state index in [0.29, 0.717) is 11.4 Å². The van der Waals surface area contributed by atoms with Gasteiger partial charge in [0.25, 0.3) is 0 Å². The van der Waals surface area contributed by atoms with Crippen LogP contribution in [0.25, 0.3) is 10.8 Å². The Bertz CT molecular complexity index is 1170. The zero-order valence-corrected chi connectivity index (χ0v) is 19.2. The van der Waals surface area contributed by atoms with Gasteiger partial charge in [0.2, 0.25) is 5.91 Å². The van der Waals surface area contributed by atoms with Crippen molar-refractivity contribution >= 4 is 40.1 Å². The number of benzene rings is 2. The molecule has 8 nitrogen and oxygen atoms in total. The highest BCUT2D eigenvalue weighted by Crippen LogP contribution is 2.26. The van der Waals surface area contributed by atoms with E-state index in [1.165, 1.54) is 11.1 Å². The smallest absolute Gasteiger partial charge is 0.326 e. The number of esters is 1. The number of aryl methyl sites for hydroxylation is 1. The topological polar surface area (TPSA) is 101 Å². The number of nitrogens with one attached hydrogen (secondary N) is 2. The van der Waals surface area contributed by atoms with Crippen LogP contribution in [-0.4, -0.2) is 41.6 Å². The molecule has 0 saturated carbocycles. The first-order valence-electron chi connectivity index (χ1n) is 10.6. The number of carbonyl (C=O) groups excluding carboxylic acids is 3. The predicted molar refractivity (Wildman–Crippen MR) is 128 cm³/mol. The van der Waals surface area contributed by atoms with Gasteiger partial charge >= 0.3 is 12.0 Å². The van der Waals surface area contributed by atoms with E-state index in [1.807, 2.05) is 49.4 Å². The first-order chi connectivity index (χ1) is 15.6. The monoisotopic (exact) mass is 448 g/mol. The normalized spacial score (nSPS) is 11.0. The highest BCUT2D eigenvalue weighted by atomic mass is 16.6. The Balaban J connectivity index is 1.78. The largest absolute Gasteiger partial charge is 0.459 e. The van der Waals surface area contributed by atoms with Gasteiger partial charge in [-0.3, -0.25) is 19.5 Å². The molecule has 0 unspecified atom stereocenters. The Kier molecular flexibility index (Phi) is 7.27. The molecule has 0 fully saturated rings. The molecule has 172 valence electrons. The van der Waals surface area contributed by atoms with Crippen molar-refractivity contribution in [2.75, 3.05) is 23.3 Å². The first-order valence-corrected chi connectivity index (χ1v) is 10.6. The van der Waals surface area contributed by atoms with Gasteiger partial charge in [-0.1, -0.05) is 36.4 Å². The molecule has 0 aliphatic carbocycles. The minimum Gasteiger partial charge on any atom is -0.459 e. The second-order valence-electron chi connectivity index (χ2n) is 8.62. The third-order valence-electron chi connectivity index (χ3n) is 4.62. The molecule has 2 N–H and O–H groups in total. The summed E-state index contributed by atoms with van der Waals surface area (Å²) in [5, 5.41) is 6.83. The molecule has 8 heteroatoms. The van der Waals surface area contributed by atoms with E-state index in [4.69, 9.17) is 4.74 Å². The lowest BCUT2D eigenvalue weighted by molar-refractivity contribution is -0.153. The van der Waals surface area contributed by atoms with Crippen LogP contribution in [-0.2, 0) is 14.3 Å². The summed E-state index contributed by atoms with van der Waals surface area (Å²) in [6.45, 7) is 6.56. The molecule has 0 bridgehead atoms. The standard InChI is InChI=1S/C25H28N4O4/c1-17-8-7-10-19(12-17)28-24(32)27-15-22(30)29(16-23(31)33-25(2,3)4)21-14-26-13-18-9-5-6-11-20(18)21/h5-14H,15-16H2,1-4H3,(H2,27,28,32). The number of pyridine rings is 1. The summed E-state index contributed by atoms with van der Waals surface area (Å²) in [6.07, 6.45) is 3.21. The highest BCUT2D eigenvalue weighted by Gasteiger charge is 2.25. The second kappa shape index (κ2) is 10.1. The zero-order valence-electron chi connectivity index (χ0n) is 19.2. The number of aromatic nitrogens is 1. The maximum atomic E-state index is 13.1. The molecular formula is C25H28N4O4. The van der Waals surface area contributed by atoms with Gasteiger partial charge in [-0.15, -0.1) is 0 Å². The summed E-state index contributed by atoms with van der Waals surface area (Å²) in [5.74, 6) is -1.04. The minimum absolute atomic E-state index is 0.313. The number of nitrogens with zero attached hydrogens (tertiary/aromatic N) is 2. The molecule has 0 aliphatic rings. The molecule has 3 aromatic rings. The Morgan fingerprint density at radius 1 is 1.03 bits per heavy atom. The third-order valence-corrected chi connectivity index (χ3v) is 4.62. The predicted octanol–water partition coefficient (Wildman–Crippen LogP) is 4.04. The molecule has 0 aliphatic heterocycles. The summed E-state index contributed by atoms with van der Waals surface area (Å²) < 4.78 is 5.41. The lowest BCUT2D eigenvalue weighted by atomic mass is 10.1. The minimum atomic E-state index is -0.700. The van der Waals surface area contributed by atoms with E-state index in [1.54, 1.807) is 33.0 Å². The number of carbonyl (C=O) groups is 3. The third kappa shape index (κ3) is 6.77. The second-order valence-corrected chi connectivity index (χ2v) is 8.62. The number of anilines is 2. The van der Waals surface area contributed by atoms with E-state index >= 15 is 0 Å². The van der Waals surface area contributed by atoms with E-state index < -0.39 is 23.5 Å². The molecule has 0 radical (unpaired) electrons. The van der Waals surface area contributed by atoms with E-state index in [0.717, 1.165) is 16.3 Å². The highest BCUT2D eigenvalue weighted by molar-refractivity contribution is 6.07. The summed E-state index contributed by atoms with van der Waals surface area (Å²) in [6, 6.07) is 14.2. The lowest BCUT2D eigenvalue weighted by Crippen LogP contribution is -2.45. The van der Waals surface area contributed by atoms with Crippen LogP contribution in [0.3, 0.4) is 0 Å². The van der Waals surface area contributed by atoms with E-state index in [-0.39, 0.29) is 13.1 Å². The van der Waals surface area contributed by atoms with Crippen molar-refractivity contribution < 1.29 is 19.1 Å². The average Bonchev–Trinajstić information content (AvgIpc) is 2.74. The average molecular weight is 449 g/mol. The fourth-order valence-corrected chi connectivity index (χ4v) is 3.28. The number of fused-ring (bicyclic) bond motifs is 1. The molecule has 3 rings (SSSR count). The molecular weight excluding hydrogens is 420 g/mol. The fraction of sp³-hybridized carbons (Fsp3) is 0.280. The van der Waals surface area contributed by atoms with Gasteiger partial charge in [-0.25, -0.2) is 4.79 Å². The first kappa shape index (κ1) is 23.7. The Morgan fingerprint density at radius 2 is 1.79 bits per heavy atom. The molecule has 1 aromatic heterocycles. The Morgan fingerprint density at radius 3 is 2.52 bits per heavy atom. The van der Waals surface area contributed by atoms with Gasteiger partial charge in [0.1, 0.15) is 12.1 Å². The van der Waals surface area contributed by atoms with E-state index in [9.17, 15) is 14.4 Å². The fourth-order valence-electron chi connectivity index (χ4n) is 3.28. The number of amides is 3. The van der Waals surface area contributed by atoms with E-state index in [2.05, 4.69) is 15.6 Å². The van der Waals surface area contributed by atoms with Crippen molar-refractivity contribution in [3.8, 4) is 0 Å². The molecule has 33 heavy (non-hydrogen) atoms. The summed E-state index contributed by atoms with van der Waals surface area (Å²) in [4.78, 5) is 43.5. The SMILES string of the molecule is Cc1cccc(NC(=O)NCC(=O)N(CC(=O)OC(C)(C)C)c2cncc3ccccc23)c1. The van der Waals surface area contributed by atoms with Gasteiger partial charge < -0.3 is 15.4 Å². The maximum absolute atomic E-state index is 13.1. The van der Waals surface area contributed by atoms with Crippen molar-refractivity contribution in [3.05, 3.63) is 66.5 Å². The Hall–Kier alpha value is -3.94. The Labute approximate surface area is 192 Å². The van der Waals surface area contributed by atoms with Crippen molar-refractivity contribution in [1.29, 1.82) is 0 Å². The molecule has 1 heterocycles. The molecule has 0 atom stereocenters. The summed E-state index contributed by atoms with van der Waals surface area (Å²) in [7, 11) is 0. The van der Waals surface area contributed by atoms with Crippen LogP contribution in [0.15, 0.2) is 60.9 Å². The van der Waals surface area contributed by atoms with Crippen LogP contribution >= 0.6 is 0 Å². The van der Waals surface area contributed by atoms with Crippen LogP contribution in [0.4, 0.5) is 16.2 Å². The van der Waals surface area contributed by atoms with Gasteiger partial charge in [-0.2, -0.15) is 0 Å². The molecule has 0 saturated heterocycles. The van der Waals surface area contributed by atoms with Crippen molar-refractivity contribution in [2.45, 2.75) is 33.3 Å². The molecule has 0 spiro atoms. The number of rotatable bonds is 6. The van der Waals surface area contributed by atoms with Crippen LogP contribution in [0.2, 0.25) is 0 Å². The van der Waals surface area contributed by atoms with Crippen LogP contribution in [0, 0.1) is 6.92 Å².